The van der Waals surface area contributed by atoms with Gasteiger partial charge in [0.05, 0.1) is 18.9 Å². The normalized spacial score (nSPS) is 22.2. The predicted octanol–water partition coefficient (Wildman–Crippen LogP) is 2.43. The van der Waals surface area contributed by atoms with Crippen LogP contribution in [0, 0.1) is 5.92 Å². The summed E-state index contributed by atoms with van der Waals surface area (Å²) >= 11 is 0. The fraction of sp³-hybridized carbons (Fsp3) is 0.800. The molecule has 3 heterocycles. The standard InChI is InChI=1S/C20H34N4O2/c1-4-24-19(14-17(21-24)13-16(2)3)20(25)23-8-6-5-7-18(23)15-22-9-11-26-12-10-22/h14,16,18H,4-13,15H2,1-3H3. The minimum absolute atomic E-state index is 0.160. The molecule has 0 N–H and O–H groups in total. The van der Waals surface area contributed by atoms with Gasteiger partial charge >= 0.3 is 0 Å². The molecule has 0 saturated carbocycles. The van der Waals surface area contributed by atoms with Crippen molar-refractivity contribution < 1.29 is 9.53 Å². The summed E-state index contributed by atoms with van der Waals surface area (Å²) in [5.41, 5.74) is 1.80. The molecule has 0 aliphatic carbocycles. The first-order valence-electron chi connectivity index (χ1n) is 10.3. The molecule has 1 aromatic rings. The van der Waals surface area contributed by atoms with Gasteiger partial charge in [0.15, 0.2) is 0 Å². The fourth-order valence-corrected chi connectivity index (χ4v) is 4.09. The van der Waals surface area contributed by atoms with Crippen molar-refractivity contribution in [3.8, 4) is 0 Å². The van der Waals surface area contributed by atoms with Crippen LogP contribution >= 0.6 is 0 Å². The van der Waals surface area contributed by atoms with E-state index in [0.29, 0.717) is 12.0 Å². The number of nitrogens with zero attached hydrogens (tertiary/aromatic N) is 4. The second-order valence-corrected chi connectivity index (χ2v) is 8.00. The van der Waals surface area contributed by atoms with Crippen molar-refractivity contribution in [2.24, 2.45) is 5.92 Å². The first-order chi connectivity index (χ1) is 12.6. The van der Waals surface area contributed by atoms with Crippen molar-refractivity contribution in [3.63, 3.8) is 0 Å². The minimum Gasteiger partial charge on any atom is -0.379 e. The smallest absolute Gasteiger partial charge is 0.272 e. The summed E-state index contributed by atoms with van der Waals surface area (Å²) in [5.74, 6) is 0.703. The van der Waals surface area contributed by atoms with Crippen LogP contribution in [0.3, 0.4) is 0 Å². The summed E-state index contributed by atoms with van der Waals surface area (Å²) in [6.07, 6.45) is 4.33. The summed E-state index contributed by atoms with van der Waals surface area (Å²) in [6, 6.07) is 2.33. The van der Waals surface area contributed by atoms with Crippen LogP contribution in [-0.4, -0.2) is 70.9 Å². The van der Waals surface area contributed by atoms with E-state index >= 15 is 0 Å². The molecule has 1 amide bonds. The Morgan fingerprint density at radius 2 is 2.04 bits per heavy atom. The van der Waals surface area contributed by atoms with Gasteiger partial charge < -0.3 is 9.64 Å². The summed E-state index contributed by atoms with van der Waals surface area (Å²) < 4.78 is 7.35. The maximum atomic E-state index is 13.4. The first kappa shape index (κ1) is 19.4. The van der Waals surface area contributed by atoms with Gasteiger partial charge in [-0.25, -0.2) is 0 Å². The maximum absolute atomic E-state index is 13.4. The zero-order valence-electron chi connectivity index (χ0n) is 16.6. The summed E-state index contributed by atoms with van der Waals surface area (Å²) in [5, 5.41) is 4.67. The van der Waals surface area contributed by atoms with Crippen molar-refractivity contribution in [2.45, 2.75) is 59.0 Å². The van der Waals surface area contributed by atoms with E-state index in [1.165, 1.54) is 6.42 Å². The minimum atomic E-state index is 0.160. The average molecular weight is 363 g/mol. The van der Waals surface area contributed by atoms with Crippen LogP contribution in [0.2, 0.25) is 0 Å². The highest BCUT2D eigenvalue weighted by Crippen LogP contribution is 2.22. The van der Waals surface area contributed by atoms with Gasteiger partial charge in [0.1, 0.15) is 5.69 Å². The lowest BCUT2D eigenvalue weighted by Gasteiger charge is -2.39. The molecule has 0 aromatic carbocycles. The van der Waals surface area contributed by atoms with Gasteiger partial charge in [-0.05, 0) is 44.6 Å². The molecule has 3 rings (SSSR count). The molecule has 0 radical (unpaired) electrons. The molecule has 6 nitrogen and oxygen atoms in total. The van der Waals surface area contributed by atoms with Crippen LogP contribution in [0.1, 0.15) is 56.2 Å². The zero-order chi connectivity index (χ0) is 18.5. The van der Waals surface area contributed by atoms with Gasteiger partial charge in [-0.2, -0.15) is 5.10 Å². The summed E-state index contributed by atoms with van der Waals surface area (Å²) in [7, 11) is 0. The lowest BCUT2D eigenvalue weighted by atomic mass is 10.0. The number of carbonyl (C=O) groups is 1. The van der Waals surface area contributed by atoms with Crippen LogP contribution in [0.25, 0.3) is 0 Å². The van der Waals surface area contributed by atoms with Crippen molar-refractivity contribution in [1.29, 1.82) is 0 Å². The van der Waals surface area contributed by atoms with Crippen LogP contribution in [0.15, 0.2) is 6.07 Å². The number of aryl methyl sites for hydroxylation is 1. The maximum Gasteiger partial charge on any atom is 0.272 e. The molecule has 2 fully saturated rings. The van der Waals surface area contributed by atoms with Gasteiger partial charge in [-0.3, -0.25) is 14.4 Å². The van der Waals surface area contributed by atoms with Gasteiger partial charge in [0.2, 0.25) is 0 Å². The number of hydrogen-bond acceptors (Lipinski definition) is 4. The molecule has 1 unspecified atom stereocenters. The number of aromatic nitrogens is 2. The number of amides is 1. The van der Waals surface area contributed by atoms with Crippen LogP contribution in [-0.2, 0) is 17.7 Å². The fourth-order valence-electron chi connectivity index (χ4n) is 4.09. The number of piperidine rings is 1. The highest BCUT2D eigenvalue weighted by Gasteiger charge is 2.31. The quantitative estimate of drug-likeness (QED) is 0.780. The summed E-state index contributed by atoms with van der Waals surface area (Å²) in [6.45, 7) is 12.6. The van der Waals surface area contributed by atoms with Gasteiger partial charge in [0.25, 0.3) is 5.91 Å². The SMILES string of the molecule is CCn1nc(CC(C)C)cc1C(=O)N1CCCCC1CN1CCOCC1. The van der Waals surface area contributed by atoms with Gasteiger partial charge in [-0.1, -0.05) is 13.8 Å². The van der Waals surface area contributed by atoms with Crippen LogP contribution in [0.4, 0.5) is 0 Å². The number of likely N-dealkylation sites (tertiary alicyclic amines) is 1. The van der Waals surface area contributed by atoms with E-state index in [2.05, 4.69) is 35.7 Å². The number of hydrogen-bond donors (Lipinski definition) is 0. The predicted molar refractivity (Wildman–Crippen MR) is 102 cm³/mol. The van der Waals surface area contributed by atoms with Crippen molar-refractivity contribution in [2.75, 3.05) is 39.4 Å². The molecule has 0 spiro atoms. The molecular weight excluding hydrogens is 328 g/mol. The molecule has 2 aliphatic heterocycles. The molecule has 1 atom stereocenters. The lowest BCUT2D eigenvalue weighted by Crippen LogP contribution is -2.51. The highest BCUT2D eigenvalue weighted by atomic mass is 16.5. The van der Waals surface area contributed by atoms with E-state index in [0.717, 1.165) is 76.6 Å². The molecular formula is C20H34N4O2. The van der Waals surface area contributed by atoms with Crippen LogP contribution in [0.5, 0.6) is 0 Å². The molecule has 0 bridgehead atoms. The lowest BCUT2D eigenvalue weighted by molar-refractivity contribution is 0.0163. The molecule has 1 aromatic heterocycles. The van der Waals surface area contributed by atoms with Crippen molar-refractivity contribution >= 4 is 5.91 Å². The summed E-state index contributed by atoms with van der Waals surface area (Å²) in [4.78, 5) is 17.9. The first-order valence-corrected chi connectivity index (χ1v) is 10.3. The Bertz CT molecular complexity index is 593. The number of morpholine rings is 1. The third-order valence-corrected chi connectivity index (χ3v) is 5.43. The van der Waals surface area contributed by atoms with Crippen molar-refractivity contribution in [1.82, 2.24) is 19.6 Å². The highest BCUT2D eigenvalue weighted by molar-refractivity contribution is 5.93. The molecule has 146 valence electrons. The van der Waals surface area contributed by atoms with Crippen molar-refractivity contribution in [3.05, 3.63) is 17.5 Å². The zero-order valence-corrected chi connectivity index (χ0v) is 16.6. The number of ether oxygens (including phenoxy) is 1. The largest absolute Gasteiger partial charge is 0.379 e. The number of rotatable bonds is 6. The Hall–Kier alpha value is -1.40. The third-order valence-electron chi connectivity index (χ3n) is 5.43. The Morgan fingerprint density at radius 3 is 2.73 bits per heavy atom. The Kier molecular flexibility index (Phi) is 6.70. The Morgan fingerprint density at radius 1 is 1.27 bits per heavy atom. The second-order valence-electron chi connectivity index (χ2n) is 8.00. The molecule has 26 heavy (non-hydrogen) atoms. The van der Waals surface area contributed by atoms with E-state index in [4.69, 9.17) is 4.74 Å². The van der Waals surface area contributed by atoms with Gasteiger partial charge in [-0.15, -0.1) is 0 Å². The topological polar surface area (TPSA) is 50.6 Å². The molecule has 2 aliphatic rings. The van der Waals surface area contributed by atoms with Gasteiger partial charge in [0, 0.05) is 38.8 Å². The second kappa shape index (κ2) is 9.00. The third kappa shape index (κ3) is 4.65. The van der Waals surface area contributed by atoms with E-state index in [1.54, 1.807) is 0 Å². The van der Waals surface area contributed by atoms with E-state index in [1.807, 2.05) is 10.7 Å². The molecule has 6 heteroatoms. The Balaban J connectivity index is 1.74. The van der Waals surface area contributed by atoms with E-state index in [9.17, 15) is 4.79 Å². The van der Waals surface area contributed by atoms with E-state index < -0.39 is 0 Å². The van der Waals surface area contributed by atoms with Crippen LogP contribution < -0.4 is 0 Å². The monoisotopic (exact) mass is 362 g/mol. The average Bonchev–Trinajstić information content (AvgIpc) is 3.04. The van der Waals surface area contributed by atoms with E-state index in [-0.39, 0.29) is 5.91 Å². The number of carbonyl (C=O) groups excluding carboxylic acids is 1. The Labute approximate surface area is 157 Å². The molecule has 2 saturated heterocycles.